The second-order valence-corrected chi connectivity index (χ2v) is 3.14. The molecule has 0 aliphatic carbocycles. The van der Waals surface area contributed by atoms with E-state index < -0.39 is 0 Å². The Kier molecular flexibility index (Phi) is 1.54. The molecule has 1 aromatic heterocycles. The van der Waals surface area contributed by atoms with Crippen molar-refractivity contribution in [3.63, 3.8) is 0 Å². The normalized spacial score (nSPS) is 10.8. The fourth-order valence-electron chi connectivity index (χ4n) is 0.974. The third-order valence-electron chi connectivity index (χ3n) is 1.43. The molecule has 2 N–H and O–H groups in total. The highest BCUT2D eigenvalue weighted by atomic mass is 79.9. The summed E-state index contributed by atoms with van der Waals surface area (Å²) in [4.78, 5) is 3.85. The van der Waals surface area contributed by atoms with Crippen molar-refractivity contribution in [3.8, 4) is 0 Å². The molecule has 1 aromatic carbocycles. The number of benzene rings is 1. The smallest absolute Gasteiger partial charge is 0.293 e. The molecule has 0 bridgehead atoms. The van der Waals surface area contributed by atoms with Crippen LogP contribution in [0.4, 0.5) is 10.4 Å². The number of nitrogens with zero attached hydrogens (tertiary/aromatic N) is 1. The third kappa shape index (κ3) is 1.06. The van der Waals surface area contributed by atoms with Gasteiger partial charge in [-0.25, -0.2) is 4.39 Å². The maximum Gasteiger partial charge on any atom is 0.293 e. The summed E-state index contributed by atoms with van der Waals surface area (Å²) in [7, 11) is 0. The largest absolute Gasteiger partial charge is 0.424 e. The van der Waals surface area contributed by atoms with Crippen molar-refractivity contribution in [1.29, 1.82) is 0 Å². The summed E-state index contributed by atoms with van der Waals surface area (Å²) in [6.45, 7) is 0. The Morgan fingerprint density at radius 1 is 1.50 bits per heavy atom. The molecule has 2 aromatic rings. The second kappa shape index (κ2) is 2.45. The van der Waals surface area contributed by atoms with Crippen LogP contribution in [0.3, 0.4) is 0 Å². The van der Waals surface area contributed by atoms with Crippen LogP contribution in [0, 0.1) is 5.82 Å². The van der Waals surface area contributed by atoms with Gasteiger partial charge in [-0.1, -0.05) is 0 Å². The minimum atomic E-state index is -0.384. The maximum atomic E-state index is 12.7. The van der Waals surface area contributed by atoms with Crippen molar-refractivity contribution in [2.45, 2.75) is 0 Å². The van der Waals surface area contributed by atoms with E-state index in [1.54, 1.807) is 0 Å². The van der Waals surface area contributed by atoms with Gasteiger partial charge in [-0.2, -0.15) is 4.98 Å². The fraction of sp³-hybridized carbons (Fsp3) is 0. The molecule has 12 heavy (non-hydrogen) atoms. The van der Waals surface area contributed by atoms with Gasteiger partial charge in [0.15, 0.2) is 5.58 Å². The van der Waals surface area contributed by atoms with E-state index in [0.717, 1.165) is 0 Å². The first-order valence-corrected chi connectivity index (χ1v) is 3.97. The van der Waals surface area contributed by atoms with Crippen molar-refractivity contribution in [3.05, 3.63) is 22.4 Å². The van der Waals surface area contributed by atoms with E-state index >= 15 is 0 Å². The summed E-state index contributed by atoms with van der Waals surface area (Å²) in [5, 5.41) is 0. The summed E-state index contributed by atoms with van der Waals surface area (Å²) in [6.07, 6.45) is 0. The SMILES string of the molecule is Nc1nc2c(Br)cc(F)cc2o1. The molecule has 0 atom stereocenters. The molecule has 1 heterocycles. The summed E-state index contributed by atoms with van der Waals surface area (Å²) >= 11 is 3.14. The molecule has 0 radical (unpaired) electrons. The number of nitrogens with two attached hydrogens (primary N) is 1. The molecule has 0 fully saturated rings. The van der Waals surface area contributed by atoms with Gasteiger partial charge in [-0.05, 0) is 22.0 Å². The lowest BCUT2D eigenvalue weighted by molar-refractivity contribution is 0.605. The van der Waals surface area contributed by atoms with Crippen molar-refractivity contribution in [1.82, 2.24) is 4.98 Å². The average Bonchev–Trinajstić information content (AvgIpc) is 2.29. The number of hydrogen-bond acceptors (Lipinski definition) is 3. The molecule has 0 aliphatic rings. The zero-order valence-corrected chi connectivity index (χ0v) is 7.43. The lowest BCUT2D eigenvalue weighted by Crippen LogP contribution is -1.81. The van der Waals surface area contributed by atoms with Crippen molar-refractivity contribution < 1.29 is 8.81 Å². The number of hydrogen-bond donors (Lipinski definition) is 1. The summed E-state index contributed by atoms with van der Waals surface area (Å²) in [5.41, 5.74) is 6.17. The first-order chi connectivity index (χ1) is 5.66. The van der Waals surface area contributed by atoms with Gasteiger partial charge in [0.25, 0.3) is 6.01 Å². The zero-order valence-electron chi connectivity index (χ0n) is 5.84. The van der Waals surface area contributed by atoms with E-state index in [4.69, 9.17) is 10.2 Å². The summed E-state index contributed by atoms with van der Waals surface area (Å²) < 4.78 is 18.2. The number of nitrogen functional groups attached to an aromatic ring is 1. The van der Waals surface area contributed by atoms with Crippen LogP contribution in [0.15, 0.2) is 21.0 Å². The fourth-order valence-corrected chi connectivity index (χ4v) is 1.48. The number of anilines is 1. The predicted octanol–water partition coefficient (Wildman–Crippen LogP) is 2.31. The van der Waals surface area contributed by atoms with Gasteiger partial charge in [0.2, 0.25) is 0 Å². The quantitative estimate of drug-likeness (QED) is 0.756. The molecule has 0 unspecified atom stereocenters. The Bertz CT molecular complexity index is 440. The minimum Gasteiger partial charge on any atom is -0.424 e. The monoisotopic (exact) mass is 230 g/mol. The van der Waals surface area contributed by atoms with Crippen LogP contribution in [-0.2, 0) is 0 Å². The van der Waals surface area contributed by atoms with E-state index in [2.05, 4.69) is 20.9 Å². The van der Waals surface area contributed by atoms with Crippen LogP contribution in [0.5, 0.6) is 0 Å². The first-order valence-electron chi connectivity index (χ1n) is 3.18. The first kappa shape index (κ1) is 7.54. The molecule has 0 aliphatic heterocycles. The molecule has 62 valence electrons. The molecule has 5 heteroatoms. The number of aromatic nitrogens is 1. The van der Waals surface area contributed by atoms with E-state index in [1.165, 1.54) is 12.1 Å². The Balaban J connectivity index is 2.88. The van der Waals surface area contributed by atoms with Crippen LogP contribution in [-0.4, -0.2) is 4.98 Å². The Labute approximate surface area is 75.5 Å². The van der Waals surface area contributed by atoms with E-state index in [9.17, 15) is 4.39 Å². The molecule has 0 saturated carbocycles. The molecular weight excluding hydrogens is 227 g/mol. The van der Waals surface area contributed by atoms with Gasteiger partial charge in [0, 0.05) is 6.07 Å². The van der Waals surface area contributed by atoms with Crippen LogP contribution in [0.2, 0.25) is 0 Å². The minimum absolute atomic E-state index is 0.0382. The standard InChI is InChI=1S/C7H4BrFN2O/c8-4-1-3(9)2-5-6(4)11-7(10)12-5/h1-2H,(H2,10,11). The molecule has 0 amide bonds. The van der Waals surface area contributed by atoms with Crippen LogP contribution < -0.4 is 5.73 Å². The predicted molar refractivity (Wildman–Crippen MR) is 46.1 cm³/mol. The van der Waals surface area contributed by atoms with Gasteiger partial charge in [0.05, 0.1) is 4.47 Å². The highest BCUT2D eigenvalue weighted by molar-refractivity contribution is 9.10. The number of halogens is 2. The van der Waals surface area contributed by atoms with Crippen molar-refractivity contribution >= 4 is 33.0 Å². The summed E-state index contributed by atoms with van der Waals surface area (Å²) in [5.74, 6) is -0.384. The highest BCUT2D eigenvalue weighted by Crippen LogP contribution is 2.26. The van der Waals surface area contributed by atoms with Gasteiger partial charge >= 0.3 is 0 Å². The lowest BCUT2D eigenvalue weighted by atomic mass is 10.3. The van der Waals surface area contributed by atoms with E-state index in [1.807, 2.05) is 0 Å². The molecular formula is C7H4BrFN2O. The molecule has 0 saturated heterocycles. The molecule has 3 nitrogen and oxygen atoms in total. The van der Waals surface area contributed by atoms with Crippen molar-refractivity contribution in [2.75, 3.05) is 5.73 Å². The van der Waals surface area contributed by atoms with E-state index in [0.29, 0.717) is 15.6 Å². The Hall–Kier alpha value is -1.10. The Morgan fingerprint density at radius 3 is 3.00 bits per heavy atom. The Morgan fingerprint density at radius 2 is 2.25 bits per heavy atom. The number of oxazole rings is 1. The number of rotatable bonds is 0. The van der Waals surface area contributed by atoms with Crippen LogP contribution in [0.1, 0.15) is 0 Å². The average molecular weight is 231 g/mol. The van der Waals surface area contributed by atoms with Crippen LogP contribution in [0.25, 0.3) is 11.1 Å². The van der Waals surface area contributed by atoms with Gasteiger partial charge in [-0.3, -0.25) is 0 Å². The molecule has 0 spiro atoms. The number of fused-ring (bicyclic) bond motifs is 1. The highest BCUT2D eigenvalue weighted by Gasteiger charge is 2.07. The van der Waals surface area contributed by atoms with E-state index in [-0.39, 0.29) is 11.8 Å². The van der Waals surface area contributed by atoms with Gasteiger partial charge in [-0.15, -0.1) is 0 Å². The topological polar surface area (TPSA) is 52.0 Å². The zero-order chi connectivity index (χ0) is 8.72. The lowest BCUT2D eigenvalue weighted by Gasteiger charge is -1.90. The summed E-state index contributed by atoms with van der Waals surface area (Å²) in [6, 6.07) is 2.59. The van der Waals surface area contributed by atoms with Crippen LogP contribution >= 0.6 is 15.9 Å². The van der Waals surface area contributed by atoms with Gasteiger partial charge < -0.3 is 10.2 Å². The second-order valence-electron chi connectivity index (χ2n) is 2.29. The maximum absolute atomic E-state index is 12.7. The van der Waals surface area contributed by atoms with Crippen molar-refractivity contribution in [2.24, 2.45) is 0 Å². The van der Waals surface area contributed by atoms with Gasteiger partial charge in [0.1, 0.15) is 11.3 Å². The third-order valence-corrected chi connectivity index (χ3v) is 2.03. The molecule has 2 rings (SSSR count).